The van der Waals surface area contributed by atoms with E-state index in [0.717, 1.165) is 13.0 Å². The van der Waals surface area contributed by atoms with E-state index in [1.54, 1.807) is 12.1 Å². The molecule has 2 fully saturated rings. The number of halogens is 1. The first-order valence-electron chi connectivity index (χ1n) is 8.61. The Morgan fingerprint density at radius 3 is 2.92 bits per heavy atom. The second-order valence-electron chi connectivity index (χ2n) is 7.21. The smallest absolute Gasteiger partial charge is 0.252 e. The Morgan fingerprint density at radius 1 is 1.36 bits per heavy atom. The van der Waals surface area contributed by atoms with E-state index in [4.69, 9.17) is 4.74 Å². The van der Waals surface area contributed by atoms with E-state index in [2.05, 4.69) is 15.2 Å². The molecule has 1 aliphatic carbocycles. The number of carbonyl (C=O) groups excluding carboxylic acids is 1. The Balaban J connectivity index is 1.64. The minimum Gasteiger partial charge on any atom is -0.376 e. The largest absolute Gasteiger partial charge is 0.376 e. The number of aromatic nitrogens is 1. The maximum Gasteiger partial charge on any atom is 0.252 e. The third-order valence-electron chi connectivity index (χ3n) is 5.39. The molecule has 1 aromatic heterocycles. The molecular formula is C19H22FN3O2. The Bertz CT molecular complexity index is 834. The molecule has 0 bridgehead atoms. The summed E-state index contributed by atoms with van der Waals surface area (Å²) in [6.45, 7) is 2.57. The molecule has 0 radical (unpaired) electrons. The van der Waals surface area contributed by atoms with Gasteiger partial charge in [0, 0.05) is 29.7 Å². The first-order valence-corrected chi connectivity index (χ1v) is 8.61. The zero-order valence-corrected chi connectivity index (χ0v) is 14.6. The highest BCUT2D eigenvalue weighted by atomic mass is 19.1. The van der Waals surface area contributed by atoms with Crippen molar-refractivity contribution in [3.8, 4) is 0 Å². The summed E-state index contributed by atoms with van der Waals surface area (Å²) in [5, 5.41) is 3.86. The Hall–Kier alpha value is -2.05. The molecule has 132 valence electrons. The second kappa shape index (κ2) is 6.04. The lowest BCUT2D eigenvalue weighted by Crippen LogP contribution is -2.69. The summed E-state index contributed by atoms with van der Waals surface area (Å²) in [5.41, 5.74) is 1.75. The van der Waals surface area contributed by atoms with Crippen LogP contribution in [0.2, 0.25) is 0 Å². The van der Waals surface area contributed by atoms with Crippen LogP contribution in [0.25, 0.3) is 10.9 Å². The molecule has 2 aliphatic rings. The molecule has 4 rings (SSSR count). The summed E-state index contributed by atoms with van der Waals surface area (Å²) in [7, 11) is 4.02. The monoisotopic (exact) mass is 343 g/mol. The van der Waals surface area contributed by atoms with Crippen molar-refractivity contribution in [2.24, 2.45) is 5.92 Å². The van der Waals surface area contributed by atoms with Gasteiger partial charge in [0.25, 0.3) is 5.91 Å². The van der Waals surface area contributed by atoms with Crippen molar-refractivity contribution in [3.63, 3.8) is 0 Å². The number of benzene rings is 1. The number of fused-ring (bicyclic) bond motifs is 2. The van der Waals surface area contributed by atoms with Gasteiger partial charge in [0.15, 0.2) is 0 Å². The normalized spacial score (nSPS) is 28.0. The zero-order chi connectivity index (χ0) is 17.7. The molecule has 2 aromatic rings. The minimum atomic E-state index is -0.352. The van der Waals surface area contributed by atoms with E-state index in [1.165, 1.54) is 12.1 Å². The van der Waals surface area contributed by atoms with Crippen molar-refractivity contribution < 1.29 is 13.9 Å². The van der Waals surface area contributed by atoms with Crippen LogP contribution in [0.15, 0.2) is 24.3 Å². The molecule has 1 aliphatic heterocycles. The van der Waals surface area contributed by atoms with Crippen molar-refractivity contribution >= 4 is 16.8 Å². The molecule has 1 amide bonds. The number of aryl methyl sites for hydroxylation is 1. The van der Waals surface area contributed by atoms with Gasteiger partial charge in [-0.1, -0.05) is 0 Å². The van der Waals surface area contributed by atoms with Gasteiger partial charge in [-0.2, -0.15) is 0 Å². The van der Waals surface area contributed by atoms with Gasteiger partial charge < -0.3 is 15.0 Å². The summed E-state index contributed by atoms with van der Waals surface area (Å²) in [6.07, 6.45) is 1.17. The van der Waals surface area contributed by atoms with Crippen LogP contribution in [-0.2, 0) is 4.74 Å². The molecule has 25 heavy (non-hydrogen) atoms. The van der Waals surface area contributed by atoms with E-state index in [1.807, 2.05) is 21.0 Å². The Labute approximate surface area is 146 Å². The molecule has 1 N–H and O–H groups in total. The summed E-state index contributed by atoms with van der Waals surface area (Å²) in [4.78, 5) is 19.4. The van der Waals surface area contributed by atoms with Gasteiger partial charge >= 0.3 is 0 Å². The number of carbonyl (C=O) groups is 1. The van der Waals surface area contributed by atoms with Crippen LogP contribution >= 0.6 is 0 Å². The van der Waals surface area contributed by atoms with E-state index in [-0.39, 0.29) is 29.9 Å². The van der Waals surface area contributed by atoms with Crippen LogP contribution in [0.4, 0.5) is 4.39 Å². The number of hydrogen-bond donors (Lipinski definition) is 1. The molecule has 4 atom stereocenters. The number of rotatable bonds is 3. The quantitative estimate of drug-likeness (QED) is 0.928. The van der Waals surface area contributed by atoms with Gasteiger partial charge in [0.05, 0.1) is 29.3 Å². The number of likely N-dealkylation sites (N-methyl/N-ethyl adjacent to an activating group) is 1. The fourth-order valence-electron chi connectivity index (χ4n) is 4.23. The lowest BCUT2D eigenvalue weighted by atomic mass is 9.71. The fourth-order valence-corrected chi connectivity index (χ4v) is 4.23. The van der Waals surface area contributed by atoms with Crippen molar-refractivity contribution in [2.75, 3.05) is 20.7 Å². The van der Waals surface area contributed by atoms with Crippen LogP contribution in [0.1, 0.15) is 22.5 Å². The molecule has 0 unspecified atom stereocenters. The van der Waals surface area contributed by atoms with E-state index < -0.39 is 0 Å². The first kappa shape index (κ1) is 16.4. The van der Waals surface area contributed by atoms with Crippen LogP contribution in [-0.4, -0.2) is 54.7 Å². The molecule has 6 heteroatoms. The topological polar surface area (TPSA) is 54.5 Å². The zero-order valence-electron chi connectivity index (χ0n) is 14.6. The second-order valence-corrected chi connectivity index (χ2v) is 7.21. The summed E-state index contributed by atoms with van der Waals surface area (Å²) in [6, 6.07) is 6.37. The fraction of sp³-hybridized carbons (Fsp3) is 0.474. The summed E-state index contributed by atoms with van der Waals surface area (Å²) < 4.78 is 19.3. The van der Waals surface area contributed by atoms with Crippen LogP contribution in [0.5, 0.6) is 0 Å². The lowest BCUT2D eigenvalue weighted by molar-refractivity contribution is -0.0664. The maximum absolute atomic E-state index is 13.5. The number of nitrogens with one attached hydrogen (secondary N) is 1. The van der Waals surface area contributed by atoms with Gasteiger partial charge in [-0.3, -0.25) is 9.78 Å². The number of pyridine rings is 1. The molecule has 1 saturated carbocycles. The number of nitrogens with zero attached hydrogens (tertiary/aromatic N) is 2. The van der Waals surface area contributed by atoms with Crippen LogP contribution < -0.4 is 5.32 Å². The van der Waals surface area contributed by atoms with Gasteiger partial charge in [-0.25, -0.2) is 4.39 Å². The maximum atomic E-state index is 13.5. The first-order chi connectivity index (χ1) is 12.0. The third-order valence-corrected chi connectivity index (χ3v) is 5.39. The summed E-state index contributed by atoms with van der Waals surface area (Å²) in [5.74, 6) is -0.123. The van der Waals surface area contributed by atoms with Gasteiger partial charge in [0.2, 0.25) is 0 Å². The minimum absolute atomic E-state index is 0.0685. The molecule has 1 saturated heterocycles. The molecule has 1 aromatic carbocycles. The van der Waals surface area contributed by atoms with E-state index >= 15 is 0 Å². The lowest BCUT2D eigenvalue weighted by Gasteiger charge is -2.50. The van der Waals surface area contributed by atoms with Crippen molar-refractivity contribution in [2.45, 2.75) is 31.5 Å². The van der Waals surface area contributed by atoms with Gasteiger partial charge in [-0.05, 0) is 45.6 Å². The molecule has 5 nitrogen and oxygen atoms in total. The van der Waals surface area contributed by atoms with Crippen molar-refractivity contribution in [1.82, 2.24) is 15.2 Å². The van der Waals surface area contributed by atoms with E-state index in [9.17, 15) is 9.18 Å². The average Bonchev–Trinajstić information content (AvgIpc) is 2.94. The number of amides is 1. The van der Waals surface area contributed by atoms with Crippen LogP contribution in [0, 0.1) is 18.7 Å². The third kappa shape index (κ3) is 2.69. The standard InChI is InChI=1S/C19H22FN3O2/c1-10-8-14(12-5-4-11(20)9-15(12)21-10)19(24)22-16-13-6-7-25-18(13)17(16)23(2)3/h4-5,8-9,13,16-18H,6-7H2,1-3H3,(H,22,24)/t13-,16+,17-,18-/m1/s1. The highest BCUT2D eigenvalue weighted by Crippen LogP contribution is 2.41. The van der Waals surface area contributed by atoms with Gasteiger partial charge in [0.1, 0.15) is 5.82 Å². The predicted octanol–water partition coefficient (Wildman–Crippen LogP) is 2.13. The predicted molar refractivity (Wildman–Crippen MR) is 93.0 cm³/mol. The highest BCUT2D eigenvalue weighted by Gasteiger charge is 2.55. The van der Waals surface area contributed by atoms with E-state index in [0.29, 0.717) is 28.1 Å². The van der Waals surface area contributed by atoms with Gasteiger partial charge in [-0.15, -0.1) is 0 Å². The molecular weight excluding hydrogens is 321 g/mol. The van der Waals surface area contributed by atoms with Crippen molar-refractivity contribution in [1.29, 1.82) is 0 Å². The average molecular weight is 343 g/mol. The Morgan fingerprint density at radius 2 is 2.16 bits per heavy atom. The molecule has 2 heterocycles. The summed E-state index contributed by atoms with van der Waals surface area (Å²) >= 11 is 0. The SMILES string of the molecule is Cc1cc(C(=O)N[C@H]2[C@H]3CCO[C@H]3[C@@H]2N(C)C)c2ccc(F)cc2n1. The number of ether oxygens (including phenoxy) is 1. The van der Waals surface area contributed by atoms with Crippen LogP contribution in [0.3, 0.4) is 0 Å². The molecule has 0 spiro atoms. The highest BCUT2D eigenvalue weighted by molar-refractivity contribution is 6.06. The number of hydrogen-bond acceptors (Lipinski definition) is 4. The Kier molecular flexibility index (Phi) is 3.96. The van der Waals surface area contributed by atoms with Crippen molar-refractivity contribution in [3.05, 3.63) is 41.3 Å².